The van der Waals surface area contributed by atoms with Gasteiger partial charge in [-0.15, -0.1) is 0 Å². The summed E-state index contributed by atoms with van der Waals surface area (Å²) in [6, 6.07) is 7.62. The van der Waals surface area contributed by atoms with Crippen LogP contribution in [-0.2, 0) is 6.54 Å². The third-order valence-electron chi connectivity index (χ3n) is 3.36. The summed E-state index contributed by atoms with van der Waals surface area (Å²) in [5.41, 5.74) is 2.48. The Labute approximate surface area is 124 Å². The quantitative estimate of drug-likeness (QED) is 0.808. The van der Waals surface area contributed by atoms with E-state index < -0.39 is 0 Å². The highest BCUT2D eigenvalue weighted by Gasteiger charge is 2.29. The van der Waals surface area contributed by atoms with Crippen LogP contribution in [0.1, 0.15) is 32.3 Å². The first-order valence-corrected chi connectivity index (χ1v) is 7.80. The molecule has 0 aromatic heterocycles. The van der Waals surface area contributed by atoms with E-state index in [1.54, 1.807) is 0 Å². The van der Waals surface area contributed by atoms with Crippen LogP contribution < -0.4 is 10.2 Å². The monoisotopic (exact) mass is 326 g/mol. The van der Waals surface area contributed by atoms with E-state index in [2.05, 4.69) is 58.2 Å². The van der Waals surface area contributed by atoms with Gasteiger partial charge in [-0.1, -0.05) is 19.9 Å². The molecule has 0 atom stereocenters. The highest BCUT2D eigenvalue weighted by atomic mass is 79.9. The number of hydrogen-bond acceptors (Lipinski definition) is 3. The summed E-state index contributed by atoms with van der Waals surface area (Å²) in [6.45, 7) is 6.12. The fourth-order valence-corrected chi connectivity index (χ4v) is 2.86. The highest BCUT2D eigenvalue weighted by molar-refractivity contribution is 9.10. The molecule has 0 amide bonds. The Morgan fingerprint density at radius 3 is 2.68 bits per heavy atom. The van der Waals surface area contributed by atoms with E-state index in [9.17, 15) is 5.11 Å². The minimum atomic E-state index is 0.208. The van der Waals surface area contributed by atoms with Gasteiger partial charge in [0.2, 0.25) is 0 Å². The van der Waals surface area contributed by atoms with Crippen molar-refractivity contribution in [3.8, 4) is 0 Å². The average molecular weight is 327 g/mol. The van der Waals surface area contributed by atoms with Crippen molar-refractivity contribution in [2.45, 2.75) is 45.3 Å². The zero-order valence-electron chi connectivity index (χ0n) is 11.7. The molecule has 2 rings (SSSR count). The number of nitrogens with zero attached hydrogens (tertiary/aromatic N) is 1. The third kappa shape index (κ3) is 4.20. The molecule has 19 heavy (non-hydrogen) atoms. The number of anilines is 1. The van der Waals surface area contributed by atoms with E-state index in [1.165, 1.54) is 24.1 Å². The number of benzene rings is 1. The van der Waals surface area contributed by atoms with Crippen LogP contribution in [0.25, 0.3) is 0 Å². The molecule has 0 bridgehead atoms. The molecule has 0 spiro atoms. The second-order valence-corrected chi connectivity index (χ2v) is 6.32. The van der Waals surface area contributed by atoms with Crippen molar-refractivity contribution < 1.29 is 5.11 Å². The Hall–Kier alpha value is -0.580. The van der Waals surface area contributed by atoms with Gasteiger partial charge in [-0.05, 0) is 46.5 Å². The second kappa shape index (κ2) is 6.73. The highest BCUT2D eigenvalue weighted by Crippen LogP contribution is 2.36. The van der Waals surface area contributed by atoms with Crippen LogP contribution >= 0.6 is 15.9 Å². The van der Waals surface area contributed by atoms with Crippen molar-refractivity contribution in [1.82, 2.24) is 5.32 Å². The minimum Gasteiger partial charge on any atom is -0.395 e. The van der Waals surface area contributed by atoms with E-state index in [0.29, 0.717) is 18.6 Å². The maximum absolute atomic E-state index is 9.20. The average Bonchev–Trinajstić information content (AvgIpc) is 3.18. The van der Waals surface area contributed by atoms with Gasteiger partial charge < -0.3 is 15.3 Å². The number of nitrogens with one attached hydrogen (secondary N) is 1. The molecule has 3 nitrogen and oxygen atoms in total. The van der Waals surface area contributed by atoms with Gasteiger partial charge in [0, 0.05) is 29.6 Å². The largest absolute Gasteiger partial charge is 0.395 e. The van der Waals surface area contributed by atoms with Crippen molar-refractivity contribution in [3.63, 3.8) is 0 Å². The van der Waals surface area contributed by atoms with Crippen LogP contribution in [0.4, 0.5) is 5.69 Å². The Morgan fingerprint density at radius 1 is 1.42 bits per heavy atom. The summed E-state index contributed by atoms with van der Waals surface area (Å²) in [5.74, 6) is 0. The van der Waals surface area contributed by atoms with E-state index in [1.807, 2.05) is 0 Å². The molecule has 0 unspecified atom stereocenters. The van der Waals surface area contributed by atoms with Gasteiger partial charge in [0.1, 0.15) is 0 Å². The Balaban J connectivity index is 2.08. The lowest BCUT2D eigenvalue weighted by Crippen LogP contribution is -2.29. The molecule has 106 valence electrons. The van der Waals surface area contributed by atoms with E-state index in [0.717, 1.165) is 11.0 Å². The molecule has 1 aliphatic carbocycles. The maximum Gasteiger partial charge on any atom is 0.0606 e. The normalized spacial score (nSPS) is 15.0. The SMILES string of the molecule is CC(C)NCc1ccc(N(CCO)C2CC2)c(Br)c1. The van der Waals surface area contributed by atoms with Crippen LogP contribution in [0.2, 0.25) is 0 Å². The lowest BCUT2D eigenvalue weighted by atomic mass is 10.2. The summed E-state index contributed by atoms with van der Waals surface area (Å²) >= 11 is 3.67. The van der Waals surface area contributed by atoms with Crippen molar-refractivity contribution in [3.05, 3.63) is 28.2 Å². The molecular weight excluding hydrogens is 304 g/mol. The van der Waals surface area contributed by atoms with Crippen molar-refractivity contribution in [2.75, 3.05) is 18.1 Å². The van der Waals surface area contributed by atoms with Crippen LogP contribution in [0.3, 0.4) is 0 Å². The Bertz CT molecular complexity index is 419. The van der Waals surface area contributed by atoms with Crippen molar-refractivity contribution >= 4 is 21.6 Å². The first-order chi connectivity index (χ1) is 9.11. The van der Waals surface area contributed by atoms with Gasteiger partial charge in [-0.25, -0.2) is 0 Å². The standard InChI is InChI=1S/C15H23BrN2O/c1-11(2)17-10-12-3-6-15(14(16)9-12)18(7-8-19)13-4-5-13/h3,6,9,11,13,17,19H,4-5,7-8,10H2,1-2H3. The molecule has 0 radical (unpaired) electrons. The lowest BCUT2D eigenvalue weighted by molar-refractivity contribution is 0.301. The Kier molecular flexibility index (Phi) is 5.25. The zero-order valence-corrected chi connectivity index (χ0v) is 13.3. The molecule has 0 saturated heterocycles. The van der Waals surface area contributed by atoms with E-state index in [-0.39, 0.29) is 6.61 Å². The van der Waals surface area contributed by atoms with Gasteiger partial charge in [0.05, 0.1) is 12.3 Å². The maximum atomic E-state index is 9.20. The first-order valence-electron chi connectivity index (χ1n) is 7.01. The third-order valence-corrected chi connectivity index (χ3v) is 4.00. The van der Waals surface area contributed by atoms with Crippen LogP contribution in [0.15, 0.2) is 22.7 Å². The summed E-state index contributed by atoms with van der Waals surface area (Å²) in [7, 11) is 0. The smallest absolute Gasteiger partial charge is 0.0606 e. The van der Waals surface area contributed by atoms with Gasteiger partial charge >= 0.3 is 0 Å². The molecule has 1 saturated carbocycles. The molecule has 1 aromatic carbocycles. The number of aliphatic hydroxyl groups excluding tert-OH is 1. The van der Waals surface area contributed by atoms with Crippen LogP contribution in [0.5, 0.6) is 0 Å². The number of aliphatic hydroxyl groups is 1. The predicted octanol–water partition coefficient (Wildman–Crippen LogP) is 2.91. The summed E-state index contributed by atoms with van der Waals surface area (Å²) in [6.07, 6.45) is 2.48. The van der Waals surface area contributed by atoms with Gasteiger partial charge in [0.15, 0.2) is 0 Å². The minimum absolute atomic E-state index is 0.208. The molecule has 1 aliphatic rings. The fourth-order valence-electron chi connectivity index (χ4n) is 2.21. The number of rotatable bonds is 7. The molecule has 0 heterocycles. The summed E-state index contributed by atoms with van der Waals surface area (Å²) in [5, 5.41) is 12.6. The van der Waals surface area contributed by atoms with Gasteiger partial charge in [0.25, 0.3) is 0 Å². The Morgan fingerprint density at radius 2 is 2.16 bits per heavy atom. The zero-order chi connectivity index (χ0) is 13.8. The summed E-state index contributed by atoms with van der Waals surface area (Å²) in [4.78, 5) is 2.31. The molecule has 1 aromatic rings. The molecule has 2 N–H and O–H groups in total. The fraction of sp³-hybridized carbons (Fsp3) is 0.600. The van der Waals surface area contributed by atoms with Crippen molar-refractivity contribution in [1.29, 1.82) is 0 Å². The van der Waals surface area contributed by atoms with E-state index in [4.69, 9.17) is 0 Å². The molecule has 4 heteroatoms. The van der Waals surface area contributed by atoms with Gasteiger partial charge in [-0.2, -0.15) is 0 Å². The van der Waals surface area contributed by atoms with Crippen molar-refractivity contribution in [2.24, 2.45) is 0 Å². The second-order valence-electron chi connectivity index (χ2n) is 5.47. The molecule has 0 aliphatic heterocycles. The van der Waals surface area contributed by atoms with E-state index >= 15 is 0 Å². The number of halogens is 1. The first kappa shape index (κ1) is 14.8. The predicted molar refractivity (Wildman–Crippen MR) is 83.6 cm³/mol. The number of hydrogen-bond donors (Lipinski definition) is 2. The lowest BCUT2D eigenvalue weighted by Gasteiger charge is -2.25. The van der Waals surface area contributed by atoms with Crippen LogP contribution in [-0.4, -0.2) is 30.3 Å². The van der Waals surface area contributed by atoms with Crippen LogP contribution in [0, 0.1) is 0 Å². The topological polar surface area (TPSA) is 35.5 Å². The van der Waals surface area contributed by atoms with Gasteiger partial charge in [-0.3, -0.25) is 0 Å². The summed E-state index contributed by atoms with van der Waals surface area (Å²) < 4.78 is 1.12. The molecule has 1 fully saturated rings. The molecular formula is C15H23BrN2O.